The summed E-state index contributed by atoms with van der Waals surface area (Å²) in [6.45, 7) is 6.55. The lowest BCUT2D eigenvalue weighted by atomic mass is 10.4. The van der Waals surface area contributed by atoms with Crippen molar-refractivity contribution in [2.45, 2.75) is 46.1 Å². The van der Waals surface area contributed by atoms with Crippen LogP contribution in [-0.2, 0) is 23.4 Å². The number of ether oxygens (including phenoxy) is 2. The van der Waals surface area contributed by atoms with Gasteiger partial charge in [0.15, 0.2) is 0 Å². The Bertz CT molecular complexity index is 309. The van der Waals surface area contributed by atoms with Crippen molar-refractivity contribution in [1.29, 1.82) is 0 Å². The van der Waals surface area contributed by atoms with E-state index in [9.17, 15) is 9.36 Å². The lowest BCUT2D eigenvalue weighted by molar-refractivity contribution is -0.149. The molecule has 0 spiro atoms. The molecular weight excluding hydrogens is 259 g/mol. The van der Waals surface area contributed by atoms with Gasteiger partial charge in [0.2, 0.25) is 0 Å². The lowest BCUT2D eigenvalue weighted by Crippen LogP contribution is -2.37. The van der Waals surface area contributed by atoms with Gasteiger partial charge in [0.1, 0.15) is 18.6 Å². The molecule has 0 rings (SSSR count). The van der Waals surface area contributed by atoms with Crippen LogP contribution >= 0.6 is 7.52 Å². The molecule has 0 aromatic carbocycles. The summed E-state index contributed by atoms with van der Waals surface area (Å²) in [5, 5.41) is 2.58. The molecule has 0 saturated heterocycles. The number of nitrogens with two attached hydrogens (primary N) is 1. The van der Waals surface area contributed by atoms with E-state index in [0.29, 0.717) is 0 Å². The quantitative estimate of drug-likeness (QED) is 0.389. The maximum atomic E-state index is 12.3. The fourth-order valence-electron chi connectivity index (χ4n) is 1.22. The van der Waals surface area contributed by atoms with Gasteiger partial charge in [-0.05, 0) is 27.7 Å². The Morgan fingerprint density at radius 3 is 2.28 bits per heavy atom. The van der Waals surface area contributed by atoms with Crippen LogP contribution in [0, 0.1) is 0 Å². The third kappa shape index (κ3) is 7.08. The van der Waals surface area contributed by atoms with Crippen LogP contribution in [0.15, 0.2) is 0 Å². The number of rotatable bonds is 8. The summed E-state index contributed by atoms with van der Waals surface area (Å²) in [6, 6.07) is -0.771. The first-order valence-electron chi connectivity index (χ1n) is 5.70. The van der Waals surface area contributed by atoms with Gasteiger partial charge in [-0.3, -0.25) is 13.9 Å². The number of esters is 1. The van der Waals surface area contributed by atoms with Gasteiger partial charge < -0.3 is 15.2 Å². The maximum absolute atomic E-state index is 12.3. The summed E-state index contributed by atoms with van der Waals surface area (Å²) in [5.74, 6) is -0.505. The van der Waals surface area contributed by atoms with Crippen molar-refractivity contribution in [3.8, 4) is 0 Å². The van der Waals surface area contributed by atoms with E-state index in [0.717, 1.165) is 0 Å². The van der Waals surface area contributed by atoms with Crippen LogP contribution in [0.1, 0.15) is 27.7 Å². The van der Waals surface area contributed by atoms with Crippen LogP contribution in [0.5, 0.6) is 0 Å². The minimum atomic E-state index is -3.33. The maximum Gasteiger partial charge on any atom is 0.323 e. The van der Waals surface area contributed by atoms with Crippen LogP contribution in [-0.4, -0.2) is 37.8 Å². The van der Waals surface area contributed by atoms with E-state index >= 15 is 0 Å². The highest BCUT2D eigenvalue weighted by atomic mass is 31.2. The van der Waals surface area contributed by atoms with Gasteiger partial charge in [0.25, 0.3) is 7.52 Å². The van der Waals surface area contributed by atoms with Crippen LogP contribution < -0.4 is 10.8 Å². The minimum Gasteiger partial charge on any atom is -0.462 e. The molecule has 0 aliphatic heterocycles. The van der Waals surface area contributed by atoms with E-state index in [1.807, 2.05) is 0 Å². The number of carbonyl (C=O) groups excluding carboxylic acids is 1. The van der Waals surface area contributed by atoms with Crippen LogP contribution in [0.25, 0.3) is 0 Å². The van der Waals surface area contributed by atoms with Gasteiger partial charge in [0.05, 0.1) is 6.10 Å². The molecule has 3 N–H and O–H groups in total. The Morgan fingerprint density at radius 2 is 1.89 bits per heavy atom. The second kappa shape index (κ2) is 7.86. The number of hydrogen-bond donors (Lipinski definition) is 2. The highest BCUT2D eigenvalue weighted by Gasteiger charge is 2.30. The van der Waals surface area contributed by atoms with Crippen molar-refractivity contribution >= 4 is 13.5 Å². The molecule has 0 aliphatic rings. The number of nitrogens with one attached hydrogen (secondary N) is 1. The lowest BCUT2D eigenvalue weighted by Gasteiger charge is -2.24. The third-order valence-corrected chi connectivity index (χ3v) is 3.78. The molecule has 3 atom stereocenters. The molecule has 0 saturated carbocycles. The van der Waals surface area contributed by atoms with E-state index < -0.39 is 25.8 Å². The topological polar surface area (TPSA) is 99.9 Å². The van der Waals surface area contributed by atoms with E-state index in [4.69, 9.17) is 19.7 Å². The molecule has 0 bridgehead atoms. The van der Waals surface area contributed by atoms with E-state index in [1.165, 1.54) is 14.0 Å². The van der Waals surface area contributed by atoms with Crippen molar-refractivity contribution in [2.24, 2.45) is 5.73 Å². The predicted molar refractivity (Wildman–Crippen MR) is 68.0 cm³/mol. The fourth-order valence-corrected chi connectivity index (χ4v) is 2.99. The summed E-state index contributed by atoms with van der Waals surface area (Å²) in [6.07, 6.45) is -1.14. The van der Waals surface area contributed by atoms with Crippen molar-refractivity contribution in [2.75, 3.05) is 13.5 Å². The predicted octanol–water partition coefficient (Wildman–Crippen LogP) is 1.03. The Morgan fingerprint density at radius 1 is 1.33 bits per heavy atom. The number of carbonyl (C=O) groups is 1. The fraction of sp³-hybridized carbons (Fsp3) is 0.900. The highest BCUT2D eigenvalue weighted by molar-refractivity contribution is 7.56. The van der Waals surface area contributed by atoms with Gasteiger partial charge in [-0.15, -0.1) is 0 Å². The second-order valence-electron chi connectivity index (χ2n) is 4.24. The molecule has 18 heavy (non-hydrogen) atoms. The van der Waals surface area contributed by atoms with Crippen LogP contribution in [0.4, 0.5) is 0 Å². The molecule has 0 aliphatic carbocycles. The Balaban J connectivity index is 4.57. The zero-order valence-corrected chi connectivity index (χ0v) is 12.4. The van der Waals surface area contributed by atoms with Crippen molar-refractivity contribution in [1.82, 2.24) is 5.09 Å². The van der Waals surface area contributed by atoms with Gasteiger partial charge in [0, 0.05) is 7.11 Å². The molecule has 108 valence electrons. The molecule has 0 aromatic heterocycles. The highest BCUT2D eigenvalue weighted by Crippen LogP contribution is 2.43. The van der Waals surface area contributed by atoms with Gasteiger partial charge in [-0.2, -0.15) is 0 Å². The SMILES string of the molecule is COCP(=O)(N[C@@H](C)C(=O)OC(C)C)OC(C)N. The standard InChI is InChI=1S/C10H23N2O5P/c1-7(2)16-10(13)8(3)12-18(14,6-15-5)17-9(4)11/h7-9H,6,11H2,1-5H3,(H,12,14)/t8-,9?,18?/m0/s1. The Hall–Kier alpha value is -0.460. The molecule has 0 heterocycles. The zero-order valence-electron chi connectivity index (χ0n) is 11.5. The van der Waals surface area contributed by atoms with E-state index in [1.54, 1.807) is 20.8 Å². The number of hydrogen-bond acceptors (Lipinski definition) is 6. The minimum absolute atomic E-state index is 0.173. The van der Waals surface area contributed by atoms with E-state index in [-0.39, 0.29) is 12.5 Å². The van der Waals surface area contributed by atoms with Gasteiger partial charge in [-0.1, -0.05) is 0 Å². The molecule has 0 radical (unpaired) electrons. The summed E-state index contributed by atoms with van der Waals surface area (Å²) >= 11 is 0. The Labute approximate surface area is 108 Å². The van der Waals surface area contributed by atoms with Crippen LogP contribution in [0.2, 0.25) is 0 Å². The monoisotopic (exact) mass is 282 g/mol. The average molecular weight is 282 g/mol. The Kier molecular flexibility index (Phi) is 7.66. The smallest absolute Gasteiger partial charge is 0.323 e. The molecule has 0 aromatic rings. The molecular formula is C10H23N2O5P. The molecule has 0 fully saturated rings. The van der Waals surface area contributed by atoms with E-state index in [2.05, 4.69) is 5.09 Å². The molecule has 2 unspecified atom stereocenters. The largest absolute Gasteiger partial charge is 0.462 e. The molecule has 8 heteroatoms. The summed E-state index contributed by atoms with van der Waals surface area (Å²) in [4.78, 5) is 11.6. The summed E-state index contributed by atoms with van der Waals surface area (Å²) in [5.41, 5.74) is 5.44. The van der Waals surface area contributed by atoms with Gasteiger partial charge >= 0.3 is 5.97 Å². The van der Waals surface area contributed by atoms with Crippen molar-refractivity contribution in [3.63, 3.8) is 0 Å². The summed E-state index contributed by atoms with van der Waals surface area (Å²) in [7, 11) is -1.94. The van der Waals surface area contributed by atoms with Crippen molar-refractivity contribution < 1.29 is 23.4 Å². The second-order valence-corrected chi connectivity index (χ2v) is 6.31. The van der Waals surface area contributed by atoms with Gasteiger partial charge in [-0.25, -0.2) is 5.09 Å². The first kappa shape index (κ1) is 17.5. The molecule has 0 amide bonds. The average Bonchev–Trinajstić information content (AvgIpc) is 2.14. The normalized spacial score (nSPS) is 18.2. The number of methoxy groups -OCH3 is 1. The summed E-state index contributed by atoms with van der Waals surface area (Å²) < 4.78 is 27.2. The van der Waals surface area contributed by atoms with Crippen molar-refractivity contribution in [3.05, 3.63) is 0 Å². The molecule has 7 nitrogen and oxygen atoms in total. The first-order chi connectivity index (χ1) is 8.20. The van der Waals surface area contributed by atoms with Crippen LogP contribution in [0.3, 0.4) is 0 Å². The first-order valence-corrected chi connectivity index (χ1v) is 7.51. The third-order valence-electron chi connectivity index (χ3n) is 1.73. The zero-order chi connectivity index (χ0) is 14.3.